The average molecular weight is 137 g/mol. The third-order valence-corrected chi connectivity index (χ3v) is 2.15. The largest absolute Gasteiger partial charge is 0.273 e. The van der Waals surface area contributed by atoms with Gasteiger partial charge in [0.15, 0.2) is 0 Å². The third kappa shape index (κ3) is 0.735. The molecule has 1 aliphatic carbocycles. The SMILES string of the molecule is O=C1[N]N=C2CCCCC12. The first-order chi connectivity index (χ1) is 4.88. The molecule has 1 heterocycles. The van der Waals surface area contributed by atoms with Crippen molar-refractivity contribution in [2.45, 2.75) is 25.7 Å². The number of hydrogen-bond donors (Lipinski definition) is 0. The van der Waals surface area contributed by atoms with E-state index in [0.29, 0.717) is 0 Å². The Labute approximate surface area is 59.5 Å². The molecule has 0 aromatic heterocycles. The summed E-state index contributed by atoms with van der Waals surface area (Å²) in [5, 5.41) is 3.83. The van der Waals surface area contributed by atoms with E-state index in [0.717, 1.165) is 25.0 Å². The Hall–Kier alpha value is -0.860. The molecule has 10 heavy (non-hydrogen) atoms. The van der Waals surface area contributed by atoms with Gasteiger partial charge in [0.25, 0.3) is 5.91 Å². The first-order valence-corrected chi connectivity index (χ1v) is 3.69. The predicted octanol–water partition coefficient (Wildman–Crippen LogP) is 0.677. The maximum Gasteiger partial charge on any atom is 0.273 e. The summed E-state index contributed by atoms with van der Waals surface area (Å²) in [6, 6.07) is 0. The van der Waals surface area contributed by atoms with Crippen LogP contribution in [0.4, 0.5) is 0 Å². The van der Waals surface area contributed by atoms with Crippen molar-refractivity contribution >= 4 is 11.6 Å². The normalized spacial score (nSPS) is 31.0. The van der Waals surface area contributed by atoms with E-state index >= 15 is 0 Å². The van der Waals surface area contributed by atoms with Crippen LogP contribution in [0.1, 0.15) is 25.7 Å². The van der Waals surface area contributed by atoms with Crippen LogP contribution in [0.3, 0.4) is 0 Å². The molecule has 2 rings (SSSR count). The van der Waals surface area contributed by atoms with Crippen LogP contribution >= 0.6 is 0 Å². The van der Waals surface area contributed by atoms with Crippen molar-refractivity contribution in [3.05, 3.63) is 0 Å². The van der Waals surface area contributed by atoms with Crippen molar-refractivity contribution in [2.24, 2.45) is 11.0 Å². The maximum absolute atomic E-state index is 10.9. The quantitative estimate of drug-likeness (QED) is 0.484. The molecule has 1 amide bonds. The molecular formula is C7H9N2O. The minimum absolute atomic E-state index is 0.0188. The molecule has 0 N–H and O–H groups in total. The van der Waals surface area contributed by atoms with Gasteiger partial charge in [0.2, 0.25) is 0 Å². The number of rotatable bonds is 0. The van der Waals surface area contributed by atoms with E-state index in [1.165, 1.54) is 6.42 Å². The van der Waals surface area contributed by atoms with Gasteiger partial charge in [-0.2, -0.15) is 5.10 Å². The monoisotopic (exact) mass is 137 g/mol. The standard InChI is InChI=1S/C7H9N2O/c10-7-5-3-1-2-4-6(5)8-9-7/h5H,1-4H2. The van der Waals surface area contributed by atoms with Crippen molar-refractivity contribution in [1.29, 1.82) is 0 Å². The number of carbonyl (C=O) groups is 1. The molecule has 1 saturated carbocycles. The summed E-state index contributed by atoms with van der Waals surface area (Å²) in [6.07, 6.45) is 4.30. The molecule has 0 spiro atoms. The molecule has 3 heteroatoms. The van der Waals surface area contributed by atoms with Crippen LogP contribution in [-0.4, -0.2) is 11.6 Å². The van der Waals surface area contributed by atoms with Gasteiger partial charge in [-0.25, -0.2) is 0 Å². The maximum atomic E-state index is 10.9. The summed E-state index contributed by atoms with van der Waals surface area (Å²) >= 11 is 0. The molecule has 1 unspecified atom stereocenters. The van der Waals surface area contributed by atoms with Crippen LogP contribution in [0, 0.1) is 5.92 Å². The van der Waals surface area contributed by atoms with E-state index in [-0.39, 0.29) is 11.8 Å². The van der Waals surface area contributed by atoms with E-state index in [1.807, 2.05) is 0 Å². The molecule has 0 aromatic carbocycles. The first-order valence-electron chi connectivity index (χ1n) is 3.69. The fourth-order valence-corrected chi connectivity index (χ4v) is 1.56. The third-order valence-electron chi connectivity index (χ3n) is 2.15. The van der Waals surface area contributed by atoms with E-state index in [2.05, 4.69) is 10.5 Å². The molecule has 0 bridgehead atoms. The minimum atomic E-state index is -0.0188. The highest BCUT2D eigenvalue weighted by molar-refractivity contribution is 6.08. The topological polar surface area (TPSA) is 43.5 Å². The predicted molar refractivity (Wildman–Crippen MR) is 36.5 cm³/mol. The summed E-state index contributed by atoms with van der Waals surface area (Å²) in [5.74, 6) is 0.0587. The van der Waals surface area contributed by atoms with E-state index in [4.69, 9.17) is 0 Å². The highest BCUT2D eigenvalue weighted by Gasteiger charge is 2.32. The van der Waals surface area contributed by atoms with Gasteiger partial charge in [0.1, 0.15) is 0 Å². The van der Waals surface area contributed by atoms with Gasteiger partial charge < -0.3 is 0 Å². The van der Waals surface area contributed by atoms with Crippen LogP contribution in [0.25, 0.3) is 0 Å². The Bertz CT molecular complexity index is 198. The summed E-state index contributed by atoms with van der Waals surface area (Å²) in [5.41, 5.74) is 4.55. The molecule has 2 aliphatic rings. The van der Waals surface area contributed by atoms with Gasteiger partial charge in [-0.3, -0.25) is 4.79 Å². The molecule has 0 saturated heterocycles. The number of carbonyl (C=O) groups excluding carboxylic acids is 1. The Morgan fingerprint density at radius 2 is 2.30 bits per heavy atom. The summed E-state index contributed by atoms with van der Waals surface area (Å²) in [7, 11) is 0. The van der Waals surface area contributed by atoms with Gasteiger partial charge >= 0.3 is 0 Å². The van der Waals surface area contributed by atoms with E-state index in [1.54, 1.807) is 0 Å². The average Bonchev–Trinajstić information content (AvgIpc) is 2.34. The summed E-state index contributed by atoms with van der Waals surface area (Å²) in [6.45, 7) is 0. The van der Waals surface area contributed by atoms with Gasteiger partial charge in [0, 0.05) is 0 Å². The number of hydrogen-bond acceptors (Lipinski definition) is 2. The fraction of sp³-hybridized carbons (Fsp3) is 0.714. The Balaban J connectivity index is 2.18. The molecule has 1 fully saturated rings. The zero-order valence-corrected chi connectivity index (χ0v) is 5.71. The number of fused-ring (bicyclic) bond motifs is 1. The number of amides is 1. The van der Waals surface area contributed by atoms with Gasteiger partial charge in [-0.1, -0.05) is 6.42 Å². The summed E-state index contributed by atoms with van der Waals surface area (Å²) < 4.78 is 0. The van der Waals surface area contributed by atoms with Gasteiger partial charge in [0.05, 0.1) is 11.6 Å². The highest BCUT2D eigenvalue weighted by atomic mass is 16.2. The fourth-order valence-electron chi connectivity index (χ4n) is 1.56. The molecule has 1 atom stereocenters. The van der Waals surface area contributed by atoms with Crippen LogP contribution < -0.4 is 5.43 Å². The lowest BCUT2D eigenvalue weighted by Gasteiger charge is -2.14. The Morgan fingerprint density at radius 1 is 1.40 bits per heavy atom. The van der Waals surface area contributed by atoms with Gasteiger partial charge in [-0.15, -0.1) is 5.43 Å². The highest BCUT2D eigenvalue weighted by Crippen LogP contribution is 2.24. The Kier molecular flexibility index (Phi) is 1.22. The molecule has 3 nitrogen and oxygen atoms in total. The second-order valence-electron chi connectivity index (χ2n) is 2.83. The van der Waals surface area contributed by atoms with E-state index in [9.17, 15) is 4.79 Å². The lowest BCUT2D eigenvalue weighted by Crippen LogP contribution is -2.23. The van der Waals surface area contributed by atoms with Crippen molar-refractivity contribution in [3.63, 3.8) is 0 Å². The Morgan fingerprint density at radius 3 is 3.10 bits per heavy atom. The van der Waals surface area contributed by atoms with Crippen molar-refractivity contribution in [3.8, 4) is 0 Å². The summed E-state index contributed by atoms with van der Waals surface area (Å²) in [4.78, 5) is 10.9. The second kappa shape index (κ2) is 2.08. The molecule has 0 aromatic rings. The minimum Gasteiger partial charge on any atom is -0.270 e. The van der Waals surface area contributed by atoms with Crippen molar-refractivity contribution in [1.82, 2.24) is 5.43 Å². The smallest absolute Gasteiger partial charge is 0.270 e. The zero-order chi connectivity index (χ0) is 6.97. The molecule has 53 valence electrons. The lowest BCUT2D eigenvalue weighted by atomic mass is 9.88. The van der Waals surface area contributed by atoms with Crippen molar-refractivity contribution in [2.75, 3.05) is 0 Å². The van der Waals surface area contributed by atoms with E-state index < -0.39 is 0 Å². The lowest BCUT2D eigenvalue weighted by molar-refractivity contribution is -0.122. The molecule has 1 aliphatic heterocycles. The van der Waals surface area contributed by atoms with Crippen LogP contribution in [0.15, 0.2) is 5.10 Å². The van der Waals surface area contributed by atoms with Crippen molar-refractivity contribution < 1.29 is 4.79 Å². The van der Waals surface area contributed by atoms with Crippen LogP contribution in [0.5, 0.6) is 0 Å². The van der Waals surface area contributed by atoms with Gasteiger partial charge in [-0.05, 0) is 19.3 Å². The molecule has 1 radical (unpaired) electrons. The van der Waals surface area contributed by atoms with Crippen LogP contribution in [0.2, 0.25) is 0 Å². The zero-order valence-electron chi connectivity index (χ0n) is 5.71. The second-order valence-corrected chi connectivity index (χ2v) is 2.83. The molecular weight excluding hydrogens is 128 g/mol. The van der Waals surface area contributed by atoms with Crippen LogP contribution in [-0.2, 0) is 4.79 Å². The first kappa shape index (κ1) is 5.89. The number of nitrogens with zero attached hydrogens (tertiary/aromatic N) is 2.